The highest BCUT2D eigenvalue weighted by atomic mass is 16.5. The topological polar surface area (TPSA) is 61.6 Å². The van der Waals surface area contributed by atoms with E-state index in [0.717, 1.165) is 19.4 Å². The average Bonchev–Trinajstić information content (AvgIpc) is 2.38. The molecule has 1 amide bonds. The lowest BCUT2D eigenvalue weighted by molar-refractivity contribution is -0.0110. The largest absolute Gasteiger partial charge is 0.491 e. The van der Waals surface area contributed by atoms with Crippen LogP contribution in [0.15, 0.2) is 24.3 Å². The van der Waals surface area contributed by atoms with E-state index in [-0.39, 0.29) is 6.10 Å². The lowest BCUT2D eigenvalue weighted by Gasteiger charge is -2.22. The number of ether oxygens (including phenoxy) is 2. The zero-order valence-corrected chi connectivity index (χ0v) is 9.72. The molecule has 0 radical (unpaired) electrons. The van der Waals surface area contributed by atoms with E-state index in [1.165, 1.54) is 6.42 Å². The Balaban J connectivity index is 1.89. The fraction of sp³-hybridized carbons (Fsp3) is 0.462. The van der Waals surface area contributed by atoms with E-state index < -0.39 is 5.91 Å². The molecule has 4 heteroatoms. The van der Waals surface area contributed by atoms with Gasteiger partial charge >= 0.3 is 0 Å². The van der Waals surface area contributed by atoms with Crippen LogP contribution in [0.5, 0.6) is 5.75 Å². The molecule has 1 aliphatic heterocycles. The van der Waals surface area contributed by atoms with Gasteiger partial charge in [0.15, 0.2) is 0 Å². The highest BCUT2D eigenvalue weighted by Gasteiger charge is 2.14. The highest BCUT2D eigenvalue weighted by molar-refractivity contribution is 5.93. The summed E-state index contributed by atoms with van der Waals surface area (Å²) in [5.41, 5.74) is 5.67. The van der Waals surface area contributed by atoms with Crippen molar-refractivity contribution in [2.45, 2.75) is 25.4 Å². The summed E-state index contributed by atoms with van der Waals surface area (Å²) in [6.45, 7) is 1.34. The van der Waals surface area contributed by atoms with Crippen LogP contribution in [0, 0.1) is 0 Å². The molecule has 1 heterocycles. The van der Waals surface area contributed by atoms with Gasteiger partial charge in [-0.1, -0.05) is 6.07 Å². The Bertz CT molecular complexity index is 386. The molecule has 0 saturated carbocycles. The fourth-order valence-corrected chi connectivity index (χ4v) is 1.87. The summed E-state index contributed by atoms with van der Waals surface area (Å²) in [6.07, 6.45) is 3.53. The van der Waals surface area contributed by atoms with Crippen molar-refractivity contribution in [1.82, 2.24) is 0 Å². The second kappa shape index (κ2) is 5.68. The maximum atomic E-state index is 11.0. The second-order valence-electron chi connectivity index (χ2n) is 4.19. The molecule has 2 N–H and O–H groups in total. The number of nitrogens with two attached hydrogens (primary N) is 1. The number of primary amides is 1. The Morgan fingerprint density at radius 3 is 3.06 bits per heavy atom. The van der Waals surface area contributed by atoms with Gasteiger partial charge in [-0.25, -0.2) is 0 Å². The fourth-order valence-electron chi connectivity index (χ4n) is 1.87. The van der Waals surface area contributed by atoms with Crippen LogP contribution in [0.3, 0.4) is 0 Å². The van der Waals surface area contributed by atoms with Gasteiger partial charge in [0, 0.05) is 12.2 Å². The quantitative estimate of drug-likeness (QED) is 0.864. The molecule has 92 valence electrons. The van der Waals surface area contributed by atoms with E-state index >= 15 is 0 Å². The van der Waals surface area contributed by atoms with Gasteiger partial charge in [-0.05, 0) is 37.5 Å². The number of amides is 1. The third kappa shape index (κ3) is 3.46. The van der Waals surface area contributed by atoms with Crippen molar-refractivity contribution in [3.63, 3.8) is 0 Å². The zero-order chi connectivity index (χ0) is 12.1. The van der Waals surface area contributed by atoms with E-state index in [1.807, 2.05) is 6.07 Å². The van der Waals surface area contributed by atoms with Crippen LogP contribution < -0.4 is 10.5 Å². The number of hydrogen-bond donors (Lipinski definition) is 1. The van der Waals surface area contributed by atoms with Crippen molar-refractivity contribution < 1.29 is 14.3 Å². The van der Waals surface area contributed by atoms with Gasteiger partial charge in [-0.3, -0.25) is 4.79 Å². The van der Waals surface area contributed by atoms with E-state index in [4.69, 9.17) is 15.2 Å². The molecule has 1 aromatic carbocycles. The molecule has 1 unspecified atom stereocenters. The van der Waals surface area contributed by atoms with Gasteiger partial charge in [0.1, 0.15) is 12.4 Å². The van der Waals surface area contributed by atoms with E-state index in [0.29, 0.717) is 17.9 Å². The van der Waals surface area contributed by atoms with Crippen LogP contribution >= 0.6 is 0 Å². The molecule has 17 heavy (non-hydrogen) atoms. The van der Waals surface area contributed by atoms with Crippen molar-refractivity contribution in [2.24, 2.45) is 5.73 Å². The predicted molar refractivity (Wildman–Crippen MR) is 64.0 cm³/mol. The smallest absolute Gasteiger partial charge is 0.248 e. The van der Waals surface area contributed by atoms with Crippen LogP contribution in [0.25, 0.3) is 0 Å². The molecule has 1 aliphatic rings. The Labute approximate surface area is 101 Å². The number of carbonyl (C=O) groups excluding carboxylic acids is 1. The van der Waals surface area contributed by atoms with E-state index in [9.17, 15) is 4.79 Å². The average molecular weight is 235 g/mol. The van der Waals surface area contributed by atoms with Crippen molar-refractivity contribution in [3.05, 3.63) is 29.8 Å². The Hall–Kier alpha value is -1.55. The summed E-state index contributed by atoms with van der Waals surface area (Å²) < 4.78 is 11.2. The molecule has 1 fully saturated rings. The van der Waals surface area contributed by atoms with E-state index in [2.05, 4.69) is 0 Å². The summed E-state index contributed by atoms with van der Waals surface area (Å²) in [7, 11) is 0. The molecule has 0 spiro atoms. The first-order valence-electron chi connectivity index (χ1n) is 5.90. The van der Waals surface area contributed by atoms with Crippen molar-refractivity contribution in [2.75, 3.05) is 13.2 Å². The minimum absolute atomic E-state index is 0.168. The lowest BCUT2D eigenvalue weighted by atomic mass is 10.1. The van der Waals surface area contributed by atoms with Crippen LogP contribution in [-0.2, 0) is 4.74 Å². The van der Waals surface area contributed by atoms with Crippen LogP contribution in [0.1, 0.15) is 29.6 Å². The maximum Gasteiger partial charge on any atom is 0.248 e. The van der Waals surface area contributed by atoms with Gasteiger partial charge in [0.2, 0.25) is 5.91 Å². The molecule has 4 nitrogen and oxygen atoms in total. The summed E-state index contributed by atoms with van der Waals surface area (Å²) in [6, 6.07) is 6.91. The summed E-state index contributed by atoms with van der Waals surface area (Å²) in [5, 5.41) is 0. The third-order valence-electron chi connectivity index (χ3n) is 2.83. The predicted octanol–water partition coefficient (Wildman–Crippen LogP) is 1.73. The standard InChI is InChI=1S/C13H17NO3/c14-13(15)10-4-3-6-11(8-10)17-9-12-5-1-2-7-16-12/h3-4,6,8,12H,1-2,5,7,9H2,(H2,14,15). The first-order chi connectivity index (χ1) is 8.25. The van der Waals surface area contributed by atoms with Gasteiger partial charge in [0.05, 0.1) is 6.10 Å². The molecule has 0 aliphatic carbocycles. The molecule has 0 bridgehead atoms. The number of carbonyl (C=O) groups is 1. The van der Waals surface area contributed by atoms with Crippen molar-refractivity contribution in [1.29, 1.82) is 0 Å². The molecule has 1 saturated heterocycles. The minimum Gasteiger partial charge on any atom is -0.491 e. The summed E-state index contributed by atoms with van der Waals surface area (Å²) in [5.74, 6) is 0.222. The van der Waals surface area contributed by atoms with Crippen LogP contribution in [-0.4, -0.2) is 25.2 Å². The number of hydrogen-bond acceptors (Lipinski definition) is 3. The first-order valence-corrected chi connectivity index (χ1v) is 5.90. The van der Waals surface area contributed by atoms with Gasteiger partial charge in [-0.15, -0.1) is 0 Å². The maximum absolute atomic E-state index is 11.0. The Morgan fingerprint density at radius 2 is 2.35 bits per heavy atom. The second-order valence-corrected chi connectivity index (χ2v) is 4.19. The van der Waals surface area contributed by atoms with Crippen LogP contribution in [0.2, 0.25) is 0 Å². The minimum atomic E-state index is -0.440. The van der Waals surface area contributed by atoms with Gasteiger partial charge < -0.3 is 15.2 Å². The van der Waals surface area contributed by atoms with Crippen molar-refractivity contribution in [3.8, 4) is 5.75 Å². The molecule has 1 atom stereocenters. The van der Waals surface area contributed by atoms with Gasteiger partial charge in [0.25, 0.3) is 0 Å². The molecular weight excluding hydrogens is 218 g/mol. The normalized spacial score (nSPS) is 19.9. The first kappa shape index (κ1) is 11.9. The molecular formula is C13H17NO3. The highest BCUT2D eigenvalue weighted by Crippen LogP contribution is 2.17. The SMILES string of the molecule is NC(=O)c1cccc(OCC2CCCCO2)c1. The Morgan fingerprint density at radius 1 is 1.47 bits per heavy atom. The zero-order valence-electron chi connectivity index (χ0n) is 9.72. The third-order valence-corrected chi connectivity index (χ3v) is 2.83. The molecule has 1 aromatic rings. The molecule has 0 aromatic heterocycles. The summed E-state index contributed by atoms with van der Waals surface area (Å²) >= 11 is 0. The number of rotatable bonds is 4. The summed E-state index contributed by atoms with van der Waals surface area (Å²) in [4.78, 5) is 11.0. The van der Waals surface area contributed by atoms with Crippen LogP contribution in [0.4, 0.5) is 0 Å². The monoisotopic (exact) mass is 235 g/mol. The molecule has 2 rings (SSSR count). The van der Waals surface area contributed by atoms with E-state index in [1.54, 1.807) is 18.2 Å². The lowest BCUT2D eigenvalue weighted by Crippen LogP contribution is -2.25. The Kier molecular flexibility index (Phi) is 3.98. The van der Waals surface area contributed by atoms with Crippen molar-refractivity contribution >= 4 is 5.91 Å². The van der Waals surface area contributed by atoms with Gasteiger partial charge in [-0.2, -0.15) is 0 Å². The number of benzene rings is 1.